The van der Waals surface area contributed by atoms with Crippen molar-refractivity contribution < 1.29 is 13.5 Å². The van der Waals surface area contributed by atoms with Crippen LogP contribution >= 0.6 is 0 Å². The van der Waals surface area contributed by atoms with Crippen molar-refractivity contribution in [1.82, 2.24) is 25.1 Å². The van der Waals surface area contributed by atoms with Gasteiger partial charge in [-0.3, -0.25) is 4.68 Å². The molecule has 0 spiro atoms. The third-order valence-electron chi connectivity index (χ3n) is 6.30. The van der Waals surface area contributed by atoms with Gasteiger partial charge in [0, 0.05) is 24.2 Å². The molecule has 5 rings (SSSR count). The molecule has 0 saturated carbocycles. The number of rotatable bonds is 5. The van der Waals surface area contributed by atoms with E-state index in [1.54, 1.807) is 6.07 Å². The molecule has 2 aliphatic rings. The average Bonchev–Trinajstić information content (AvgIpc) is 3.29. The van der Waals surface area contributed by atoms with E-state index >= 15 is 0 Å². The molecule has 1 aromatic carbocycles. The Bertz CT molecular complexity index is 1140. The van der Waals surface area contributed by atoms with E-state index in [4.69, 9.17) is 4.74 Å². The first-order valence-electron chi connectivity index (χ1n) is 11.5. The van der Waals surface area contributed by atoms with Crippen LogP contribution in [0.15, 0.2) is 30.7 Å². The smallest absolute Gasteiger partial charge is 0.178 e. The quantitative estimate of drug-likeness (QED) is 0.634. The lowest BCUT2D eigenvalue weighted by molar-refractivity contribution is 0.287. The lowest BCUT2D eigenvalue weighted by Crippen LogP contribution is -2.38. The van der Waals surface area contributed by atoms with E-state index < -0.39 is 11.6 Å². The number of nitrogens with one attached hydrogen (secondary N) is 1. The summed E-state index contributed by atoms with van der Waals surface area (Å²) in [4.78, 5) is 10.7. The first kappa shape index (κ1) is 21.8. The highest BCUT2D eigenvalue weighted by Gasteiger charge is 2.26. The highest BCUT2D eigenvalue weighted by molar-refractivity contribution is 5.72. The van der Waals surface area contributed by atoms with Crippen LogP contribution in [0.3, 0.4) is 0 Å². The Morgan fingerprint density at radius 1 is 1.15 bits per heavy atom. The number of piperidine rings is 1. The number of nitrogens with zero attached hydrogens (tertiary/aromatic N) is 5. The normalized spacial score (nSPS) is 16.7. The number of fused-ring (bicyclic) bond motifs is 1. The van der Waals surface area contributed by atoms with Crippen molar-refractivity contribution in [1.29, 1.82) is 0 Å². The molecule has 0 bridgehead atoms. The van der Waals surface area contributed by atoms with E-state index in [-0.39, 0.29) is 17.5 Å². The minimum Gasteiger partial charge on any atom is -0.486 e. The molecule has 0 amide bonds. The molecular weight excluding hydrogens is 426 g/mol. The molecule has 2 aromatic heterocycles. The van der Waals surface area contributed by atoms with E-state index in [0.29, 0.717) is 42.7 Å². The summed E-state index contributed by atoms with van der Waals surface area (Å²) in [6.45, 7) is 7.10. The van der Waals surface area contributed by atoms with Gasteiger partial charge in [0.1, 0.15) is 18.1 Å². The summed E-state index contributed by atoms with van der Waals surface area (Å²) in [5.41, 5.74) is 2.03. The predicted molar refractivity (Wildman–Crippen MR) is 122 cm³/mol. The second-order valence-corrected chi connectivity index (χ2v) is 8.91. The lowest BCUT2D eigenvalue weighted by Gasteiger charge is -2.34. The van der Waals surface area contributed by atoms with Gasteiger partial charge >= 0.3 is 0 Å². The second kappa shape index (κ2) is 9.05. The van der Waals surface area contributed by atoms with Gasteiger partial charge in [-0.15, -0.1) is 0 Å². The Morgan fingerprint density at radius 2 is 1.97 bits per heavy atom. The monoisotopic (exact) mass is 454 g/mol. The Kier molecular flexibility index (Phi) is 5.97. The Labute approximate surface area is 191 Å². The fourth-order valence-corrected chi connectivity index (χ4v) is 4.59. The Hall–Kier alpha value is -3.07. The molecule has 0 unspecified atom stereocenters. The topological polar surface area (TPSA) is 68.1 Å². The molecule has 1 saturated heterocycles. The van der Waals surface area contributed by atoms with Gasteiger partial charge in [0.25, 0.3) is 0 Å². The van der Waals surface area contributed by atoms with Crippen molar-refractivity contribution in [2.45, 2.75) is 45.2 Å². The fraction of sp³-hybridized carbons (Fsp3) is 0.458. The Balaban J connectivity index is 1.43. The molecule has 0 atom stereocenters. The molecule has 1 N–H and O–H groups in total. The highest BCUT2D eigenvalue weighted by atomic mass is 19.1. The molecule has 3 aromatic rings. The van der Waals surface area contributed by atoms with Gasteiger partial charge in [-0.2, -0.15) is 5.10 Å². The summed E-state index contributed by atoms with van der Waals surface area (Å²) in [7, 11) is 0. The van der Waals surface area contributed by atoms with Crippen molar-refractivity contribution in [2.75, 3.05) is 31.1 Å². The zero-order valence-corrected chi connectivity index (χ0v) is 18.9. The number of aromatic nitrogens is 4. The largest absolute Gasteiger partial charge is 0.486 e. The van der Waals surface area contributed by atoms with E-state index in [9.17, 15) is 8.78 Å². The van der Waals surface area contributed by atoms with Crippen molar-refractivity contribution in [3.63, 3.8) is 0 Å². The summed E-state index contributed by atoms with van der Waals surface area (Å²) in [6.07, 6.45) is 7.48. The molecule has 0 radical (unpaired) electrons. The summed E-state index contributed by atoms with van der Waals surface area (Å²) in [6, 6.07) is 3.58. The summed E-state index contributed by atoms with van der Waals surface area (Å²) in [5, 5.41) is 7.86. The standard InChI is InChI=1S/C24H28F2N6O/c1-15(2)31-7-8-33-24-19(25)10-17(11-21(24)31)23-20(26)13-28-22(30-23)9-16-12-29-32(14-16)18-3-5-27-6-4-18/h10-15,18,27H,3-9H2,1-2H3. The minimum atomic E-state index is -0.587. The van der Waals surface area contributed by atoms with Crippen LogP contribution in [0.25, 0.3) is 11.3 Å². The number of ether oxygens (including phenoxy) is 1. The van der Waals surface area contributed by atoms with E-state index in [1.165, 1.54) is 6.07 Å². The maximum Gasteiger partial charge on any atom is 0.178 e. The SMILES string of the molecule is CC(C)N1CCOc2c(F)cc(-c3nc(Cc4cnn(C5CCNCC5)c4)ncc3F)cc21. The maximum atomic E-state index is 14.9. The molecule has 4 heterocycles. The van der Waals surface area contributed by atoms with Gasteiger partial charge in [-0.05, 0) is 57.5 Å². The van der Waals surface area contributed by atoms with Gasteiger partial charge in [0.2, 0.25) is 0 Å². The van der Waals surface area contributed by atoms with Gasteiger partial charge in [0.05, 0.1) is 30.7 Å². The molecule has 33 heavy (non-hydrogen) atoms. The first-order valence-corrected chi connectivity index (χ1v) is 11.5. The second-order valence-electron chi connectivity index (χ2n) is 8.91. The molecule has 1 fully saturated rings. The van der Waals surface area contributed by atoms with E-state index in [0.717, 1.165) is 37.7 Å². The summed E-state index contributed by atoms with van der Waals surface area (Å²) < 4.78 is 37.2. The van der Waals surface area contributed by atoms with Gasteiger partial charge in [-0.1, -0.05) is 0 Å². The Morgan fingerprint density at radius 3 is 2.76 bits per heavy atom. The van der Waals surface area contributed by atoms with Crippen molar-refractivity contribution >= 4 is 5.69 Å². The molecular formula is C24H28F2N6O. The number of benzene rings is 1. The maximum absolute atomic E-state index is 14.9. The number of halogens is 2. The third-order valence-corrected chi connectivity index (χ3v) is 6.30. The molecule has 174 valence electrons. The van der Waals surface area contributed by atoms with Gasteiger partial charge in [0.15, 0.2) is 17.4 Å². The molecule has 2 aliphatic heterocycles. The van der Waals surface area contributed by atoms with E-state index in [2.05, 4.69) is 25.3 Å². The van der Waals surface area contributed by atoms with Crippen LogP contribution in [0.1, 0.15) is 44.1 Å². The van der Waals surface area contributed by atoms with Crippen molar-refractivity contribution in [2.24, 2.45) is 0 Å². The molecule has 0 aliphatic carbocycles. The van der Waals surface area contributed by atoms with Crippen LogP contribution < -0.4 is 15.0 Å². The number of anilines is 1. The van der Waals surface area contributed by atoms with Gasteiger partial charge < -0.3 is 15.0 Å². The summed E-state index contributed by atoms with van der Waals surface area (Å²) in [5.74, 6) is -0.433. The lowest BCUT2D eigenvalue weighted by atomic mass is 10.1. The zero-order valence-electron chi connectivity index (χ0n) is 18.9. The number of hydrogen-bond donors (Lipinski definition) is 1. The minimum absolute atomic E-state index is 0.0849. The van der Waals surface area contributed by atoms with Crippen molar-refractivity contribution in [3.05, 3.63) is 53.7 Å². The average molecular weight is 455 g/mol. The highest BCUT2D eigenvalue weighted by Crippen LogP contribution is 2.39. The van der Waals surface area contributed by atoms with Crippen LogP contribution in [0.2, 0.25) is 0 Å². The van der Waals surface area contributed by atoms with Gasteiger partial charge in [-0.25, -0.2) is 18.7 Å². The fourth-order valence-electron chi connectivity index (χ4n) is 4.59. The zero-order chi connectivity index (χ0) is 22.9. The molecule has 7 nitrogen and oxygen atoms in total. The molecule has 9 heteroatoms. The van der Waals surface area contributed by atoms with Crippen LogP contribution in [0.5, 0.6) is 5.75 Å². The van der Waals surface area contributed by atoms with Crippen LogP contribution in [-0.2, 0) is 6.42 Å². The van der Waals surface area contributed by atoms with Crippen LogP contribution in [-0.4, -0.2) is 52.0 Å². The number of hydrogen-bond acceptors (Lipinski definition) is 6. The third kappa shape index (κ3) is 4.42. The van der Waals surface area contributed by atoms with Crippen LogP contribution in [0, 0.1) is 11.6 Å². The predicted octanol–water partition coefficient (Wildman–Crippen LogP) is 3.74. The first-order chi connectivity index (χ1) is 16.0. The van der Waals surface area contributed by atoms with Crippen LogP contribution in [0.4, 0.5) is 14.5 Å². The summed E-state index contributed by atoms with van der Waals surface area (Å²) >= 11 is 0. The van der Waals surface area contributed by atoms with Crippen molar-refractivity contribution in [3.8, 4) is 17.0 Å². The van der Waals surface area contributed by atoms with E-state index in [1.807, 2.05) is 30.9 Å².